The number of hydrogen-bond acceptors (Lipinski definition) is 6. The average molecular weight is 346 g/mol. The molecule has 0 fully saturated rings. The molecule has 0 bridgehead atoms. The first kappa shape index (κ1) is 14.4. The van der Waals surface area contributed by atoms with Crippen molar-refractivity contribution in [2.75, 3.05) is 10.6 Å². The lowest BCUT2D eigenvalue weighted by Gasteiger charge is -2.20. The smallest absolute Gasteiger partial charge is 0.283 e. The Hall–Kier alpha value is -1.51. The summed E-state index contributed by atoms with van der Waals surface area (Å²) in [5, 5.41) is 1.38. The first-order valence-corrected chi connectivity index (χ1v) is 7.91. The average Bonchev–Trinajstić information content (AvgIpc) is 2.75. The molecule has 6 nitrogen and oxygen atoms in total. The van der Waals surface area contributed by atoms with Crippen molar-refractivity contribution < 1.29 is 12.7 Å². The second-order valence-electron chi connectivity index (χ2n) is 4.14. The normalized spacial score (nSPS) is 14.9. The molecule has 0 unspecified atom stereocenters. The summed E-state index contributed by atoms with van der Waals surface area (Å²) in [6.07, 6.45) is 0. The summed E-state index contributed by atoms with van der Waals surface area (Å²) < 4.78 is 30.4. The monoisotopic (exact) mass is 345 g/mol. The predicted octanol–water partition coefficient (Wildman–Crippen LogP) is 3.18. The van der Waals surface area contributed by atoms with Crippen molar-refractivity contribution in [1.29, 1.82) is 0 Å². The highest BCUT2D eigenvalue weighted by Gasteiger charge is 2.32. The fraction of sp³-hybridized carbons (Fsp3) is 0. The van der Waals surface area contributed by atoms with Crippen LogP contribution in [-0.4, -0.2) is 13.1 Å². The van der Waals surface area contributed by atoms with Crippen LogP contribution in [0.15, 0.2) is 53.4 Å². The van der Waals surface area contributed by atoms with E-state index < -0.39 is 10.1 Å². The zero-order chi connectivity index (χ0) is 15.0. The number of para-hydroxylation sites is 2. The number of fused-ring (bicyclic) bond motifs is 1. The van der Waals surface area contributed by atoms with Crippen molar-refractivity contribution in [2.24, 2.45) is 0 Å². The molecule has 1 aliphatic rings. The van der Waals surface area contributed by atoms with Gasteiger partial charge in [0.25, 0.3) is 0 Å². The van der Waals surface area contributed by atoms with E-state index in [1.165, 1.54) is 24.3 Å². The lowest BCUT2D eigenvalue weighted by atomic mass is 10.3. The Morgan fingerprint density at radius 3 is 2.43 bits per heavy atom. The van der Waals surface area contributed by atoms with Crippen molar-refractivity contribution in [3.63, 3.8) is 0 Å². The van der Waals surface area contributed by atoms with Gasteiger partial charge in [0.1, 0.15) is 5.69 Å². The van der Waals surface area contributed by atoms with Crippen LogP contribution in [0.3, 0.4) is 0 Å². The SMILES string of the molecule is O=S(=O)(ON1c2ccccc2NN1Cl)c1ccc(Cl)cc1. The number of halogens is 2. The third-order valence-corrected chi connectivity index (χ3v) is 4.41. The first-order chi connectivity index (χ1) is 9.97. The molecule has 0 saturated heterocycles. The summed E-state index contributed by atoms with van der Waals surface area (Å²) in [4.78, 5) is -0.0265. The van der Waals surface area contributed by atoms with Gasteiger partial charge in [-0.15, -0.1) is 9.46 Å². The largest absolute Gasteiger partial charge is 0.319 e. The van der Waals surface area contributed by atoms with E-state index in [-0.39, 0.29) is 4.90 Å². The summed E-state index contributed by atoms with van der Waals surface area (Å²) in [6.45, 7) is 0. The van der Waals surface area contributed by atoms with E-state index in [1.807, 2.05) is 0 Å². The third-order valence-electron chi connectivity index (χ3n) is 2.75. The molecule has 1 heterocycles. The predicted molar refractivity (Wildman–Crippen MR) is 80.0 cm³/mol. The Labute approximate surface area is 131 Å². The van der Waals surface area contributed by atoms with Gasteiger partial charge in [0, 0.05) is 16.8 Å². The van der Waals surface area contributed by atoms with Crippen LogP contribution in [0.1, 0.15) is 0 Å². The van der Waals surface area contributed by atoms with Crippen molar-refractivity contribution in [3.8, 4) is 0 Å². The minimum atomic E-state index is -4.03. The van der Waals surface area contributed by atoms with Gasteiger partial charge in [-0.2, -0.15) is 8.42 Å². The van der Waals surface area contributed by atoms with E-state index >= 15 is 0 Å². The Balaban J connectivity index is 1.91. The van der Waals surface area contributed by atoms with Gasteiger partial charge in [-0.3, -0.25) is 5.43 Å². The number of hydrazine groups is 2. The molecule has 1 aliphatic heterocycles. The van der Waals surface area contributed by atoms with Crippen molar-refractivity contribution >= 4 is 44.9 Å². The quantitative estimate of drug-likeness (QED) is 0.862. The van der Waals surface area contributed by atoms with Crippen molar-refractivity contribution in [2.45, 2.75) is 4.90 Å². The third kappa shape index (κ3) is 2.78. The van der Waals surface area contributed by atoms with Crippen LogP contribution in [0.2, 0.25) is 5.02 Å². The topological polar surface area (TPSA) is 61.9 Å². The van der Waals surface area contributed by atoms with E-state index in [0.717, 1.165) is 9.81 Å². The molecule has 0 aliphatic carbocycles. The lowest BCUT2D eigenvalue weighted by molar-refractivity contribution is 0.195. The van der Waals surface area contributed by atoms with E-state index in [9.17, 15) is 8.42 Å². The minimum absolute atomic E-state index is 0.0265. The summed E-state index contributed by atoms with van der Waals surface area (Å²) in [6, 6.07) is 12.6. The number of nitrogens with one attached hydrogen (secondary N) is 1. The number of anilines is 2. The van der Waals surface area contributed by atoms with Crippen molar-refractivity contribution in [1.82, 2.24) is 4.64 Å². The van der Waals surface area contributed by atoms with Crippen LogP contribution in [0.4, 0.5) is 11.4 Å². The molecular weight excluding hydrogens is 337 g/mol. The summed E-state index contributed by atoms with van der Waals surface area (Å²) in [7, 11) is -4.03. The maximum Gasteiger partial charge on any atom is 0.319 e. The fourth-order valence-electron chi connectivity index (χ4n) is 1.78. The highest BCUT2D eigenvalue weighted by Crippen LogP contribution is 2.35. The van der Waals surface area contributed by atoms with Crippen molar-refractivity contribution in [3.05, 3.63) is 53.6 Å². The minimum Gasteiger partial charge on any atom is -0.283 e. The highest BCUT2D eigenvalue weighted by molar-refractivity contribution is 7.86. The molecule has 0 aromatic heterocycles. The second kappa shape index (κ2) is 5.36. The summed E-state index contributed by atoms with van der Waals surface area (Å²) >= 11 is 11.6. The molecule has 21 heavy (non-hydrogen) atoms. The molecule has 0 atom stereocenters. The standard InChI is InChI=1S/C12H9Cl2N3O3S/c13-9-5-7-10(8-6-9)21(18,19)20-16-12-4-2-1-3-11(12)15-17(16)14/h1-8,15H. The zero-order valence-corrected chi connectivity index (χ0v) is 12.7. The van der Waals surface area contributed by atoms with Crippen LogP contribution in [0.5, 0.6) is 0 Å². The van der Waals surface area contributed by atoms with E-state index in [1.54, 1.807) is 24.3 Å². The molecule has 3 rings (SSSR count). The van der Waals surface area contributed by atoms with Crippen LogP contribution in [0.25, 0.3) is 0 Å². The Bertz CT molecular complexity index is 768. The Morgan fingerprint density at radius 1 is 1.05 bits per heavy atom. The zero-order valence-electron chi connectivity index (χ0n) is 10.4. The first-order valence-electron chi connectivity index (χ1n) is 5.79. The molecule has 9 heteroatoms. The van der Waals surface area contributed by atoms with Gasteiger partial charge in [0.05, 0.1) is 10.6 Å². The molecule has 1 N–H and O–H groups in total. The number of rotatable bonds is 3. The van der Waals surface area contributed by atoms with Gasteiger partial charge < -0.3 is 0 Å². The van der Waals surface area contributed by atoms with Crippen LogP contribution in [-0.2, 0) is 14.4 Å². The molecule has 0 saturated carbocycles. The maximum atomic E-state index is 12.2. The Morgan fingerprint density at radius 2 is 1.71 bits per heavy atom. The van der Waals surface area contributed by atoms with Gasteiger partial charge >= 0.3 is 10.1 Å². The number of nitrogens with zero attached hydrogens (tertiary/aromatic N) is 2. The maximum absolute atomic E-state index is 12.2. The van der Waals surface area contributed by atoms with Gasteiger partial charge in [-0.25, -0.2) is 0 Å². The Kier molecular flexibility index (Phi) is 3.68. The van der Waals surface area contributed by atoms with Gasteiger partial charge in [-0.05, 0) is 41.0 Å². The van der Waals surface area contributed by atoms with Crippen LogP contribution < -0.4 is 10.6 Å². The molecule has 0 spiro atoms. The molecule has 2 aromatic carbocycles. The van der Waals surface area contributed by atoms with Crippen LogP contribution in [0, 0.1) is 0 Å². The van der Waals surface area contributed by atoms with Gasteiger partial charge in [-0.1, -0.05) is 23.7 Å². The van der Waals surface area contributed by atoms with Crippen LogP contribution >= 0.6 is 23.4 Å². The lowest BCUT2D eigenvalue weighted by Crippen LogP contribution is -2.36. The van der Waals surface area contributed by atoms with E-state index in [2.05, 4.69) is 5.43 Å². The molecule has 0 radical (unpaired) electrons. The molecule has 0 amide bonds. The highest BCUT2D eigenvalue weighted by atomic mass is 35.5. The number of benzene rings is 2. The molecular formula is C12H9Cl2N3O3S. The van der Waals surface area contributed by atoms with Gasteiger partial charge in [0.2, 0.25) is 0 Å². The molecule has 110 valence electrons. The second-order valence-corrected chi connectivity index (χ2v) is 6.43. The summed E-state index contributed by atoms with van der Waals surface area (Å²) in [5.74, 6) is 0. The molecule has 2 aromatic rings. The van der Waals surface area contributed by atoms with E-state index in [4.69, 9.17) is 27.7 Å². The van der Waals surface area contributed by atoms with Gasteiger partial charge in [0.15, 0.2) is 0 Å². The fourth-order valence-corrected chi connectivity index (χ4v) is 3.04. The van der Waals surface area contributed by atoms with E-state index in [0.29, 0.717) is 16.4 Å². The summed E-state index contributed by atoms with van der Waals surface area (Å²) in [5.41, 5.74) is 3.85. The number of hydrogen-bond donors (Lipinski definition) is 1.